The lowest BCUT2D eigenvalue weighted by Crippen LogP contribution is -2.32. The summed E-state index contributed by atoms with van der Waals surface area (Å²) in [6.45, 7) is 4.98. The van der Waals surface area contributed by atoms with Gasteiger partial charge in [0.2, 0.25) is 5.91 Å². The highest BCUT2D eigenvalue weighted by Gasteiger charge is 2.19. The maximum atomic E-state index is 12.3. The molecule has 0 aliphatic carbocycles. The normalized spacial score (nSPS) is 17.9. The Morgan fingerprint density at radius 2 is 2.04 bits per heavy atom. The molecule has 0 radical (unpaired) electrons. The monoisotopic (exact) mass is 355 g/mol. The van der Waals surface area contributed by atoms with Crippen LogP contribution in [0, 0.1) is 0 Å². The van der Waals surface area contributed by atoms with Crippen LogP contribution >= 0.6 is 0 Å². The van der Waals surface area contributed by atoms with Gasteiger partial charge in [-0.1, -0.05) is 0 Å². The number of nitrogens with one attached hydrogen (secondary N) is 1. The molecule has 0 spiro atoms. The Labute approximate surface area is 143 Å². The standard InChI is InChI=1S/C17H25NO5S/c1-13(2)23-14-5-7-16(8-6-14)24(20,21)11-9-17(19)18-12-15-4-3-10-22-15/h5-8,13,15H,3-4,9-12H2,1-2H3,(H,18,19). The molecule has 0 bridgehead atoms. The zero-order chi connectivity index (χ0) is 17.6. The second-order valence-corrected chi connectivity index (χ2v) is 8.26. The van der Waals surface area contributed by atoms with Gasteiger partial charge in [-0.15, -0.1) is 0 Å². The molecule has 1 aromatic rings. The van der Waals surface area contributed by atoms with E-state index in [2.05, 4.69) is 5.32 Å². The van der Waals surface area contributed by atoms with Crippen molar-refractivity contribution in [3.63, 3.8) is 0 Å². The second kappa shape index (κ2) is 8.48. The Bertz CT molecular complexity index is 633. The molecule has 134 valence electrons. The third kappa shape index (κ3) is 5.79. The first-order valence-corrected chi connectivity index (χ1v) is 9.90. The number of benzene rings is 1. The van der Waals surface area contributed by atoms with E-state index in [1.165, 1.54) is 12.1 Å². The van der Waals surface area contributed by atoms with Crippen LogP contribution in [0.2, 0.25) is 0 Å². The van der Waals surface area contributed by atoms with Crippen LogP contribution in [0.25, 0.3) is 0 Å². The van der Waals surface area contributed by atoms with E-state index in [1.54, 1.807) is 12.1 Å². The lowest BCUT2D eigenvalue weighted by molar-refractivity contribution is -0.121. The molecule has 0 saturated carbocycles. The lowest BCUT2D eigenvalue weighted by atomic mass is 10.2. The number of amides is 1. The fourth-order valence-corrected chi connectivity index (χ4v) is 3.70. The minimum absolute atomic E-state index is 0.0278. The molecule has 0 aromatic heterocycles. The zero-order valence-corrected chi connectivity index (χ0v) is 15.0. The third-order valence-corrected chi connectivity index (χ3v) is 5.44. The van der Waals surface area contributed by atoms with Crippen molar-refractivity contribution in [1.82, 2.24) is 5.32 Å². The highest BCUT2D eigenvalue weighted by molar-refractivity contribution is 7.91. The van der Waals surface area contributed by atoms with E-state index in [0.29, 0.717) is 12.3 Å². The smallest absolute Gasteiger partial charge is 0.221 e. The molecule has 6 nitrogen and oxygen atoms in total. The fourth-order valence-electron chi connectivity index (χ4n) is 2.46. The number of rotatable bonds is 8. The van der Waals surface area contributed by atoms with Crippen molar-refractivity contribution in [3.8, 4) is 5.75 Å². The Morgan fingerprint density at radius 3 is 2.62 bits per heavy atom. The molecule has 1 aliphatic heterocycles. The first-order valence-electron chi connectivity index (χ1n) is 8.24. The average Bonchev–Trinajstić information content (AvgIpc) is 3.04. The van der Waals surface area contributed by atoms with E-state index in [0.717, 1.165) is 19.4 Å². The fraction of sp³-hybridized carbons (Fsp3) is 0.588. The molecule has 2 rings (SSSR count). The summed E-state index contributed by atoms with van der Waals surface area (Å²) in [5, 5.41) is 2.73. The van der Waals surface area contributed by atoms with Gasteiger partial charge in [-0.3, -0.25) is 4.79 Å². The van der Waals surface area contributed by atoms with Gasteiger partial charge in [-0.05, 0) is 51.0 Å². The quantitative estimate of drug-likeness (QED) is 0.771. The van der Waals surface area contributed by atoms with Gasteiger partial charge in [0.25, 0.3) is 0 Å². The van der Waals surface area contributed by atoms with Crippen LogP contribution < -0.4 is 10.1 Å². The molecule has 1 unspecified atom stereocenters. The number of carbonyl (C=O) groups is 1. The zero-order valence-electron chi connectivity index (χ0n) is 14.2. The molecular formula is C17H25NO5S. The summed E-state index contributed by atoms with van der Waals surface area (Å²) in [6.07, 6.45) is 1.97. The number of hydrogen-bond acceptors (Lipinski definition) is 5. The van der Waals surface area contributed by atoms with Gasteiger partial charge < -0.3 is 14.8 Å². The van der Waals surface area contributed by atoms with Crippen molar-refractivity contribution in [1.29, 1.82) is 0 Å². The molecule has 7 heteroatoms. The first kappa shape index (κ1) is 18.7. The van der Waals surface area contributed by atoms with Crippen LogP contribution in [-0.2, 0) is 19.4 Å². The Kier molecular flexibility index (Phi) is 6.62. The van der Waals surface area contributed by atoms with Crippen LogP contribution in [-0.4, -0.2) is 45.4 Å². The second-order valence-electron chi connectivity index (χ2n) is 6.15. The van der Waals surface area contributed by atoms with E-state index in [9.17, 15) is 13.2 Å². The van der Waals surface area contributed by atoms with Crippen molar-refractivity contribution in [3.05, 3.63) is 24.3 Å². The molecule has 24 heavy (non-hydrogen) atoms. The topological polar surface area (TPSA) is 81.7 Å². The summed E-state index contributed by atoms with van der Waals surface area (Å²) in [7, 11) is -3.49. The van der Waals surface area contributed by atoms with Crippen LogP contribution in [0.4, 0.5) is 0 Å². The predicted octanol–water partition coefficient (Wildman–Crippen LogP) is 1.93. The number of hydrogen-bond donors (Lipinski definition) is 1. The van der Waals surface area contributed by atoms with Gasteiger partial charge in [-0.25, -0.2) is 8.42 Å². The van der Waals surface area contributed by atoms with Gasteiger partial charge >= 0.3 is 0 Å². The molecule has 1 saturated heterocycles. The van der Waals surface area contributed by atoms with E-state index in [1.807, 2.05) is 13.8 Å². The van der Waals surface area contributed by atoms with Crippen molar-refractivity contribution in [2.24, 2.45) is 0 Å². The largest absolute Gasteiger partial charge is 0.491 e. The van der Waals surface area contributed by atoms with E-state index < -0.39 is 9.84 Å². The first-order chi connectivity index (χ1) is 11.4. The lowest BCUT2D eigenvalue weighted by Gasteiger charge is -2.11. The van der Waals surface area contributed by atoms with E-state index in [-0.39, 0.29) is 35.2 Å². The molecule has 1 atom stereocenters. The summed E-state index contributed by atoms with van der Waals surface area (Å²) in [6, 6.07) is 6.28. The number of sulfone groups is 1. The van der Waals surface area contributed by atoms with Crippen molar-refractivity contribution in [2.45, 2.75) is 50.2 Å². The predicted molar refractivity (Wildman–Crippen MR) is 90.9 cm³/mol. The molecule has 1 aliphatic rings. The Morgan fingerprint density at radius 1 is 1.33 bits per heavy atom. The molecule has 1 heterocycles. The van der Waals surface area contributed by atoms with E-state index in [4.69, 9.17) is 9.47 Å². The van der Waals surface area contributed by atoms with Crippen LogP contribution in [0.3, 0.4) is 0 Å². The van der Waals surface area contributed by atoms with E-state index >= 15 is 0 Å². The highest BCUT2D eigenvalue weighted by atomic mass is 32.2. The molecule has 1 fully saturated rings. The van der Waals surface area contributed by atoms with Gasteiger partial charge in [-0.2, -0.15) is 0 Å². The van der Waals surface area contributed by atoms with Gasteiger partial charge in [0.15, 0.2) is 9.84 Å². The minimum atomic E-state index is -3.49. The van der Waals surface area contributed by atoms with Gasteiger partial charge in [0, 0.05) is 19.6 Å². The van der Waals surface area contributed by atoms with Gasteiger partial charge in [0.1, 0.15) is 5.75 Å². The Hall–Kier alpha value is -1.60. The SMILES string of the molecule is CC(C)Oc1ccc(S(=O)(=O)CCC(=O)NCC2CCCO2)cc1. The maximum Gasteiger partial charge on any atom is 0.221 e. The number of ether oxygens (including phenoxy) is 2. The maximum absolute atomic E-state index is 12.3. The summed E-state index contributed by atoms with van der Waals surface area (Å²) < 4.78 is 35.5. The summed E-state index contributed by atoms with van der Waals surface area (Å²) in [5.41, 5.74) is 0. The Balaban J connectivity index is 1.82. The van der Waals surface area contributed by atoms with Crippen molar-refractivity contribution >= 4 is 15.7 Å². The average molecular weight is 355 g/mol. The van der Waals surface area contributed by atoms with Crippen molar-refractivity contribution in [2.75, 3.05) is 18.9 Å². The summed E-state index contributed by atoms with van der Waals surface area (Å²) >= 11 is 0. The highest BCUT2D eigenvalue weighted by Crippen LogP contribution is 2.18. The number of carbonyl (C=O) groups excluding carboxylic acids is 1. The molecule has 1 aromatic carbocycles. The van der Waals surface area contributed by atoms with Crippen molar-refractivity contribution < 1.29 is 22.7 Å². The molecule has 1 N–H and O–H groups in total. The molecular weight excluding hydrogens is 330 g/mol. The minimum Gasteiger partial charge on any atom is -0.491 e. The summed E-state index contributed by atoms with van der Waals surface area (Å²) in [5.74, 6) is 0.140. The summed E-state index contributed by atoms with van der Waals surface area (Å²) in [4.78, 5) is 12.0. The van der Waals surface area contributed by atoms with Gasteiger partial charge in [0.05, 0.1) is 22.9 Å². The molecule has 1 amide bonds. The van der Waals surface area contributed by atoms with Crippen LogP contribution in [0.5, 0.6) is 5.75 Å². The van der Waals surface area contributed by atoms with Crippen LogP contribution in [0.15, 0.2) is 29.2 Å². The van der Waals surface area contributed by atoms with Crippen LogP contribution in [0.1, 0.15) is 33.1 Å². The third-order valence-electron chi connectivity index (χ3n) is 3.70.